The molecule has 1 aliphatic rings. The SMILES string of the molecule is Cc1c(Nc2c(C#N)cncc2C=CCCN2CC[C@H](O)C2)ccc2[nH]ccc12. The van der Waals surface area contributed by atoms with Crippen molar-refractivity contribution in [2.45, 2.75) is 25.9 Å². The first-order chi connectivity index (χ1) is 14.2. The molecule has 1 fully saturated rings. The number of hydrogen-bond acceptors (Lipinski definition) is 5. The fourth-order valence-electron chi connectivity index (χ4n) is 3.86. The molecule has 3 N–H and O–H groups in total. The van der Waals surface area contributed by atoms with E-state index in [0.29, 0.717) is 5.56 Å². The van der Waals surface area contributed by atoms with Crippen LogP contribution in [0.1, 0.15) is 29.5 Å². The zero-order valence-electron chi connectivity index (χ0n) is 16.5. The van der Waals surface area contributed by atoms with Crippen LogP contribution < -0.4 is 5.32 Å². The van der Waals surface area contributed by atoms with Crippen LogP contribution in [0, 0.1) is 18.3 Å². The van der Waals surface area contributed by atoms with Crippen molar-refractivity contribution in [2.75, 3.05) is 25.0 Å². The third-order valence-electron chi connectivity index (χ3n) is 5.52. The number of β-amino-alcohol motifs (C(OH)–C–C–N with tert-alkyl or cyclic N) is 1. The lowest BCUT2D eigenvalue weighted by Crippen LogP contribution is -2.22. The standard InChI is InChI=1S/C23H25N5O/c1-16-20-7-9-26-22(20)6-5-21(16)27-23-17(13-25-14-18(23)12-24)4-2-3-10-28-11-8-19(29)15-28/h2,4-7,9,13-14,19,26,29H,3,8,10-11,15H2,1H3,(H,25,27)/t19-/m0/s1. The van der Waals surface area contributed by atoms with Crippen LogP contribution in [0.5, 0.6) is 0 Å². The zero-order valence-corrected chi connectivity index (χ0v) is 16.5. The highest BCUT2D eigenvalue weighted by molar-refractivity contribution is 5.89. The van der Waals surface area contributed by atoms with Gasteiger partial charge in [0.15, 0.2) is 0 Å². The molecule has 6 heteroatoms. The second-order valence-electron chi connectivity index (χ2n) is 7.50. The van der Waals surface area contributed by atoms with Crippen molar-refractivity contribution in [1.82, 2.24) is 14.9 Å². The molecule has 29 heavy (non-hydrogen) atoms. The van der Waals surface area contributed by atoms with Crippen LogP contribution >= 0.6 is 0 Å². The summed E-state index contributed by atoms with van der Waals surface area (Å²) in [6, 6.07) is 8.38. The Kier molecular flexibility index (Phi) is 5.61. The number of hydrogen-bond donors (Lipinski definition) is 3. The molecule has 3 aromatic rings. The minimum Gasteiger partial charge on any atom is -0.392 e. The van der Waals surface area contributed by atoms with E-state index in [1.807, 2.05) is 24.4 Å². The molecule has 148 valence electrons. The smallest absolute Gasteiger partial charge is 0.103 e. The van der Waals surface area contributed by atoms with Gasteiger partial charge in [0, 0.05) is 60.4 Å². The van der Waals surface area contributed by atoms with Crippen LogP contribution in [0.2, 0.25) is 0 Å². The molecule has 1 atom stereocenters. The molecule has 3 heterocycles. The van der Waals surface area contributed by atoms with Crippen molar-refractivity contribution in [2.24, 2.45) is 0 Å². The van der Waals surface area contributed by atoms with E-state index >= 15 is 0 Å². The number of nitrogens with one attached hydrogen (secondary N) is 2. The maximum atomic E-state index is 9.63. The molecule has 1 aromatic carbocycles. The van der Waals surface area contributed by atoms with Crippen LogP contribution in [0.15, 0.2) is 42.9 Å². The Morgan fingerprint density at radius 3 is 3.07 bits per heavy atom. The Hall–Kier alpha value is -3.14. The third kappa shape index (κ3) is 4.16. The molecule has 6 nitrogen and oxygen atoms in total. The molecule has 1 saturated heterocycles. The van der Waals surface area contributed by atoms with Crippen LogP contribution in [0.25, 0.3) is 17.0 Å². The van der Waals surface area contributed by atoms with Crippen molar-refractivity contribution < 1.29 is 5.11 Å². The number of nitriles is 1. The maximum Gasteiger partial charge on any atom is 0.103 e. The number of nitrogens with zero attached hydrogens (tertiary/aromatic N) is 3. The Balaban J connectivity index is 1.55. The van der Waals surface area contributed by atoms with Gasteiger partial charge < -0.3 is 20.3 Å². The second-order valence-corrected chi connectivity index (χ2v) is 7.50. The number of anilines is 2. The number of aromatic nitrogens is 2. The van der Waals surface area contributed by atoms with Gasteiger partial charge in [0.1, 0.15) is 6.07 Å². The third-order valence-corrected chi connectivity index (χ3v) is 5.52. The lowest BCUT2D eigenvalue weighted by atomic mass is 10.1. The predicted molar refractivity (Wildman–Crippen MR) is 116 cm³/mol. The summed E-state index contributed by atoms with van der Waals surface area (Å²) < 4.78 is 0. The number of aryl methyl sites for hydroxylation is 1. The normalized spacial score (nSPS) is 17.2. The fraction of sp³-hybridized carbons (Fsp3) is 0.304. The molecular weight excluding hydrogens is 362 g/mol. The highest BCUT2D eigenvalue weighted by atomic mass is 16.3. The summed E-state index contributed by atoms with van der Waals surface area (Å²) >= 11 is 0. The number of benzene rings is 1. The summed E-state index contributed by atoms with van der Waals surface area (Å²) in [5.41, 5.74) is 5.37. The molecule has 1 aliphatic heterocycles. The molecule has 0 amide bonds. The minimum atomic E-state index is -0.188. The van der Waals surface area contributed by atoms with E-state index in [0.717, 1.165) is 65.9 Å². The maximum absolute atomic E-state index is 9.63. The minimum absolute atomic E-state index is 0.188. The Bertz CT molecular complexity index is 1080. The van der Waals surface area contributed by atoms with E-state index in [1.165, 1.54) is 0 Å². The molecule has 0 radical (unpaired) electrons. The largest absolute Gasteiger partial charge is 0.392 e. The number of pyridine rings is 1. The molecule has 0 bridgehead atoms. The van der Waals surface area contributed by atoms with Crippen LogP contribution in [0.4, 0.5) is 11.4 Å². The van der Waals surface area contributed by atoms with Crippen molar-refractivity contribution in [3.05, 3.63) is 59.6 Å². The van der Waals surface area contributed by atoms with E-state index in [-0.39, 0.29) is 6.10 Å². The first-order valence-corrected chi connectivity index (χ1v) is 9.94. The lowest BCUT2D eigenvalue weighted by Gasteiger charge is -2.15. The number of aliphatic hydroxyl groups excluding tert-OH is 1. The summed E-state index contributed by atoms with van der Waals surface area (Å²) in [7, 11) is 0. The first kappa shape index (κ1) is 19.2. The number of aromatic amines is 1. The van der Waals surface area contributed by atoms with Gasteiger partial charge in [-0.3, -0.25) is 4.98 Å². The summed E-state index contributed by atoms with van der Waals surface area (Å²) in [5, 5.41) is 23.8. The molecule has 4 rings (SSSR count). The molecule has 0 spiro atoms. The Morgan fingerprint density at radius 1 is 1.38 bits per heavy atom. The van der Waals surface area contributed by atoms with Crippen molar-refractivity contribution in [1.29, 1.82) is 5.26 Å². The zero-order chi connectivity index (χ0) is 20.2. The Labute approximate surface area is 170 Å². The van der Waals surface area contributed by atoms with Crippen LogP contribution in [-0.4, -0.2) is 45.7 Å². The fourth-order valence-corrected chi connectivity index (χ4v) is 3.86. The number of fused-ring (bicyclic) bond motifs is 1. The summed E-state index contributed by atoms with van der Waals surface area (Å²) in [4.78, 5) is 9.72. The van der Waals surface area contributed by atoms with Crippen molar-refractivity contribution in [3.8, 4) is 6.07 Å². The molecule has 0 aliphatic carbocycles. The van der Waals surface area contributed by atoms with Crippen LogP contribution in [-0.2, 0) is 0 Å². The highest BCUT2D eigenvalue weighted by Crippen LogP contribution is 2.30. The van der Waals surface area contributed by atoms with Gasteiger partial charge in [0.25, 0.3) is 0 Å². The number of rotatable bonds is 6. The average Bonchev–Trinajstić information content (AvgIpc) is 3.37. The van der Waals surface area contributed by atoms with Gasteiger partial charge in [-0.2, -0.15) is 5.26 Å². The van der Waals surface area contributed by atoms with E-state index in [2.05, 4.69) is 45.3 Å². The van der Waals surface area contributed by atoms with E-state index in [1.54, 1.807) is 12.4 Å². The Morgan fingerprint density at radius 2 is 2.28 bits per heavy atom. The summed E-state index contributed by atoms with van der Waals surface area (Å²) in [6.07, 6.45) is 11.0. The monoisotopic (exact) mass is 387 g/mol. The van der Waals surface area contributed by atoms with Crippen LogP contribution in [0.3, 0.4) is 0 Å². The molecule has 0 unspecified atom stereocenters. The number of H-pyrrole nitrogens is 1. The van der Waals surface area contributed by atoms with Gasteiger partial charge in [-0.15, -0.1) is 0 Å². The van der Waals surface area contributed by atoms with Gasteiger partial charge in [0.05, 0.1) is 17.4 Å². The van der Waals surface area contributed by atoms with Gasteiger partial charge in [0.2, 0.25) is 0 Å². The van der Waals surface area contributed by atoms with Gasteiger partial charge in [-0.1, -0.05) is 12.2 Å². The van der Waals surface area contributed by atoms with Crippen molar-refractivity contribution >= 4 is 28.4 Å². The second kappa shape index (κ2) is 8.48. The number of likely N-dealkylation sites (tertiary alicyclic amines) is 1. The predicted octanol–water partition coefficient (Wildman–Crippen LogP) is 3.96. The first-order valence-electron chi connectivity index (χ1n) is 9.94. The lowest BCUT2D eigenvalue weighted by molar-refractivity contribution is 0.177. The van der Waals surface area contributed by atoms with Gasteiger partial charge in [-0.25, -0.2) is 0 Å². The van der Waals surface area contributed by atoms with E-state index < -0.39 is 0 Å². The molecule has 0 saturated carbocycles. The van der Waals surface area contributed by atoms with Crippen molar-refractivity contribution in [3.63, 3.8) is 0 Å². The van der Waals surface area contributed by atoms with E-state index in [4.69, 9.17) is 0 Å². The average molecular weight is 387 g/mol. The molecule has 2 aromatic heterocycles. The summed E-state index contributed by atoms with van der Waals surface area (Å²) in [5.74, 6) is 0. The number of aliphatic hydroxyl groups is 1. The topological polar surface area (TPSA) is 88.0 Å². The van der Waals surface area contributed by atoms with E-state index in [9.17, 15) is 10.4 Å². The highest BCUT2D eigenvalue weighted by Gasteiger charge is 2.18. The van der Waals surface area contributed by atoms with Gasteiger partial charge >= 0.3 is 0 Å². The van der Waals surface area contributed by atoms with Gasteiger partial charge in [-0.05, 0) is 43.5 Å². The summed E-state index contributed by atoms with van der Waals surface area (Å²) in [6.45, 7) is 4.71. The quantitative estimate of drug-likeness (QED) is 0.596. The molecular formula is C23H25N5O.